The molecule has 8 nitrogen and oxygen atoms in total. The van der Waals surface area contributed by atoms with Crippen LogP contribution in [-0.2, 0) is 0 Å². The van der Waals surface area contributed by atoms with Gasteiger partial charge < -0.3 is 4.74 Å². The molecule has 0 aliphatic carbocycles. The van der Waals surface area contributed by atoms with Crippen LogP contribution in [0.5, 0.6) is 5.75 Å². The van der Waals surface area contributed by atoms with E-state index in [0.29, 0.717) is 12.4 Å². The average Bonchev–Trinajstić information content (AvgIpc) is 3.43. The molecule has 4 aromatic carbocycles. The van der Waals surface area contributed by atoms with Gasteiger partial charge in [0.05, 0.1) is 35.0 Å². The standard InChI is InChI=1S/C31H25N5O3/c1-20-8-17-27-26(18-20)30(23-6-4-3-5-7-23)33-31(32-27)35-29(22-9-13-24(14-10-22)36(37)38)19-28(34-35)21-11-15-25(39-2)16-12-21/h3-18,29H,19H2,1-2H3/t29-/m1/s1. The highest BCUT2D eigenvalue weighted by molar-refractivity contribution is 6.03. The first-order valence-corrected chi connectivity index (χ1v) is 12.6. The number of methoxy groups -OCH3 is 1. The Morgan fingerprint density at radius 1 is 0.897 bits per heavy atom. The molecule has 0 unspecified atom stereocenters. The summed E-state index contributed by atoms with van der Waals surface area (Å²) in [5, 5.41) is 19.1. The zero-order valence-electron chi connectivity index (χ0n) is 21.5. The highest BCUT2D eigenvalue weighted by Gasteiger charge is 2.32. The van der Waals surface area contributed by atoms with E-state index in [0.717, 1.165) is 50.3 Å². The number of benzene rings is 4. The SMILES string of the molecule is COc1ccc(C2=NN(c3nc(-c4ccccc4)c4cc(C)ccc4n3)[C@@H](c3ccc([N+](=O)[O-])cc3)C2)cc1. The molecule has 0 bridgehead atoms. The number of non-ortho nitro benzene ring substituents is 1. The van der Waals surface area contributed by atoms with E-state index in [1.165, 1.54) is 12.1 Å². The molecule has 1 aliphatic rings. The summed E-state index contributed by atoms with van der Waals surface area (Å²) in [4.78, 5) is 20.9. The third-order valence-corrected chi connectivity index (χ3v) is 6.91. The molecular weight excluding hydrogens is 490 g/mol. The molecule has 2 heterocycles. The fourth-order valence-corrected chi connectivity index (χ4v) is 4.88. The smallest absolute Gasteiger partial charge is 0.269 e. The van der Waals surface area contributed by atoms with E-state index in [1.807, 2.05) is 71.7 Å². The predicted octanol–water partition coefficient (Wildman–Crippen LogP) is 6.88. The summed E-state index contributed by atoms with van der Waals surface area (Å²) in [5.74, 6) is 1.24. The Kier molecular flexibility index (Phi) is 6.20. The molecular formula is C31H25N5O3. The van der Waals surface area contributed by atoms with Crippen LogP contribution in [0.1, 0.15) is 29.2 Å². The van der Waals surface area contributed by atoms with Crippen LogP contribution in [0.4, 0.5) is 11.6 Å². The largest absolute Gasteiger partial charge is 0.497 e. The Bertz CT molecular complexity index is 1700. The molecule has 0 amide bonds. The maximum atomic E-state index is 11.3. The van der Waals surface area contributed by atoms with Crippen molar-refractivity contribution in [2.45, 2.75) is 19.4 Å². The number of aryl methyl sites for hydroxylation is 1. The molecule has 0 saturated carbocycles. The quantitative estimate of drug-likeness (QED) is 0.181. The Labute approximate surface area is 225 Å². The summed E-state index contributed by atoms with van der Waals surface area (Å²) < 4.78 is 5.32. The number of nitro benzene ring substituents is 1. The van der Waals surface area contributed by atoms with Crippen molar-refractivity contribution < 1.29 is 9.66 Å². The van der Waals surface area contributed by atoms with Crippen molar-refractivity contribution in [1.82, 2.24) is 9.97 Å². The summed E-state index contributed by atoms with van der Waals surface area (Å²) in [7, 11) is 1.64. The number of nitrogens with zero attached hydrogens (tertiary/aromatic N) is 5. The van der Waals surface area contributed by atoms with Gasteiger partial charge in [0.15, 0.2) is 0 Å². The Hall–Kier alpha value is -5.11. The number of ether oxygens (including phenoxy) is 1. The highest BCUT2D eigenvalue weighted by atomic mass is 16.6. The molecule has 0 saturated heterocycles. The van der Waals surface area contributed by atoms with Crippen LogP contribution >= 0.6 is 0 Å². The lowest BCUT2D eigenvalue weighted by Crippen LogP contribution is -2.21. The van der Waals surface area contributed by atoms with Crippen molar-refractivity contribution in [1.29, 1.82) is 0 Å². The van der Waals surface area contributed by atoms with Crippen molar-refractivity contribution in [3.8, 4) is 17.0 Å². The van der Waals surface area contributed by atoms with Crippen LogP contribution in [0.25, 0.3) is 22.2 Å². The fourth-order valence-electron chi connectivity index (χ4n) is 4.88. The van der Waals surface area contributed by atoms with E-state index in [9.17, 15) is 10.1 Å². The third-order valence-electron chi connectivity index (χ3n) is 6.91. The predicted molar refractivity (Wildman–Crippen MR) is 152 cm³/mol. The minimum Gasteiger partial charge on any atom is -0.497 e. The summed E-state index contributed by atoms with van der Waals surface area (Å²) in [6, 6.07) is 30.3. The van der Waals surface area contributed by atoms with Gasteiger partial charge in [-0.2, -0.15) is 5.10 Å². The third kappa shape index (κ3) is 4.68. The Morgan fingerprint density at radius 3 is 2.33 bits per heavy atom. The summed E-state index contributed by atoms with van der Waals surface area (Å²) in [6.45, 7) is 2.05. The Balaban J connectivity index is 1.51. The second-order valence-corrected chi connectivity index (χ2v) is 9.45. The van der Waals surface area contributed by atoms with E-state index in [-0.39, 0.29) is 11.7 Å². The summed E-state index contributed by atoms with van der Waals surface area (Å²) in [6.07, 6.45) is 0.583. The van der Waals surface area contributed by atoms with Crippen LogP contribution in [0, 0.1) is 17.0 Å². The molecule has 6 rings (SSSR count). The van der Waals surface area contributed by atoms with Crippen LogP contribution < -0.4 is 9.75 Å². The van der Waals surface area contributed by atoms with Gasteiger partial charge in [-0.25, -0.2) is 15.0 Å². The second kappa shape index (κ2) is 9.98. The van der Waals surface area contributed by atoms with Gasteiger partial charge in [-0.3, -0.25) is 10.1 Å². The minimum absolute atomic E-state index is 0.0447. The lowest BCUT2D eigenvalue weighted by atomic mass is 9.98. The fraction of sp³-hybridized carbons (Fsp3) is 0.129. The molecule has 1 atom stereocenters. The van der Waals surface area contributed by atoms with Crippen molar-refractivity contribution in [2.75, 3.05) is 12.1 Å². The number of aromatic nitrogens is 2. The number of hydrazone groups is 1. The van der Waals surface area contributed by atoms with Gasteiger partial charge in [0.2, 0.25) is 5.95 Å². The molecule has 8 heteroatoms. The van der Waals surface area contributed by atoms with Gasteiger partial charge in [0.25, 0.3) is 5.69 Å². The lowest BCUT2D eigenvalue weighted by Gasteiger charge is -2.23. The van der Waals surface area contributed by atoms with Crippen LogP contribution in [0.15, 0.2) is 102 Å². The first-order chi connectivity index (χ1) is 19.0. The lowest BCUT2D eigenvalue weighted by molar-refractivity contribution is -0.384. The number of hydrogen-bond acceptors (Lipinski definition) is 7. The van der Waals surface area contributed by atoms with Crippen molar-refractivity contribution >= 4 is 28.3 Å². The zero-order chi connectivity index (χ0) is 26.9. The number of fused-ring (bicyclic) bond motifs is 1. The number of anilines is 1. The monoisotopic (exact) mass is 515 g/mol. The van der Waals surface area contributed by atoms with E-state index in [2.05, 4.69) is 13.0 Å². The second-order valence-electron chi connectivity index (χ2n) is 9.45. The molecule has 5 aromatic rings. The first-order valence-electron chi connectivity index (χ1n) is 12.6. The first kappa shape index (κ1) is 24.2. The van der Waals surface area contributed by atoms with Gasteiger partial charge in [-0.1, -0.05) is 54.1 Å². The Morgan fingerprint density at radius 2 is 1.64 bits per heavy atom. The maximum Gasteiger partial charge on any atom is 0.269 e. The minimum atomic E-state index is -0.393. The van der Waals surface area contributed by atoms with Gasteiger partial charge in [0.1, 0.15) is 5.75 Å². The van der Waals surface area contributed by atoms with Gasteiger partial charge in [-0.05, 0) is 54.4 Å². The molecule has 0 radical (unpaired) electrons. The molecule has 0 N–H and O–H groups in total. The van der Waals surface area contributed by atoms with E-state index in [1.54, 1.807) is 19.2 Å². The van der Waals surface area contributed by atoms with Crippen molar-refractivity contribution in [3.63, 3.8) is 0 Å². The number of hydrogen-bond donors (Lipinski definition) is 0. The number of nitro groups is 1. The maximum absolute atomic E-state index is 11.3. The molecule has 39 heavy (non-hydrogen) atoms. The molecule has 192 valence electrons. The topological polar surface area (TPSA) is 93.8 Å². The van der Waals surface area contributed by atoms with Crippen molar-refractivity contribution in [2.24, 2.45) is 5.10 Å². The molecule has 1 aromatic heterocycles. The molecule has 1 aliphatic heterocycles. The van der Waals surface area contributed by atoms with E-state index in [4.69, 9.17) is 19.8 Å². The van der Waals surface area contributed by atoms with Crippen LogP contribution in [0.3, 0.4) is 0 Å². The average molecular weight is 516 g/mol. The summed E-state index contributed by atoms with van der Waals surface area (Å²) >= 11 is 0. The van der Waals surface area contributed by atoms with Crippen LogP contribution in [0.2, 0.25) is 0 Å². The zero-order valence-corrected chi connectivity index (χ0v) is 21.5. The van der Waals surface area contributed by atoms with E-state index >= 15 is 0 Å². The number of rotatable bonds is 6. The van der Waals surface area contributed by atoms with Gasteiger partial charge >= 0.3 is 0 Å². The van der Waals surface area contributed by atoms with Gasteiger partial charge in [0, 0.05) is 29.5 Å². The molecule has 0 spiro atoms. The van der Waals surface area contributed by atoms with Gasteiger partial charge in [-0.15, -0.1) is 0 Å². The van der Waals surface area contributed by atoms with Crippen molar-refractivity contribution in [3.05, 3.63) is 124 Å². The normalized spacial score (nSPS) is 14.9. The highest BCUT2D eigenvalue weighted by Crippen LogP contribution is 2.38. The van der Waals surface area contributed by atoms with Crippen LogP contribution in [-0.4, -0.2) is 27.7 Å². The molecule has 0 fully saturated rings. The summed E-state index contributed by atoms with van der Waals surface area (Å²) in [5.41, 5.74) is 6.53. The van der Waals surface area contributed by atoms with E-state index < -0.39 is 4.92 Å².